The number of aromatic nitrogens is 3. The molecule has 1 fully saturated rings. The SMILES string of the molecule is Cc1ccccc1CC[C@@H]1CCCN(C(=O)CCn2cncn2)C1. The van der Waals surface area contributed by atoms with Gasteiger partial charge in [0.25, 0.3) is 0 Å². The summed E-state index contributed by atoms with van der Waals surface area (Å²) in [6, 6.07) is 8.60. The number of benzene rings is 1. The summed E-state index contributed by atoms with van der Waals surface area (Å²) in [5.41, 5.74) is 2.81. The van der Waals surface area contributed by atoms with Crippen LogP contribution < -0.4 is 0 Å². The molecule has 2 heterocycles. The van der Waals surface area contributed by atoms with Crippen LogP contribution in [-0.4, -0.2) is 38.7 Å². The van der Waals surface area contributed by atoms with Gasteiger partial charge < -0.3 is 4.90 Å². The molecule has 128 valence electrons. The van der Waals surface area contributed by atoms with Crippen LogP contribution in [0.1, 0.15) is 36.8 Å². The molecule has 0 radical (unpaired) electrons. The van der Waals surface area contributed by atoms with Crippen LogP contribution in [0.25, 0.3) is 0 Å². The fraction of sp³-hybridized carbons (Fsp3) is 0.526. The van der Waals surface area contributed by atoms with E-state index in [0.717, 1.165) is 32.4 Å². The number of carbonyl (C=O) groups excluding carboxylic acids is 1. The largest absolute Gasteiger partial charge is 0.342 e. The fourth-order valence-corrected chi connectivity index (χ4v) is 3.49. The number of hydrogen-bond acceptors (Lipinski definition) is 3. The molecule has 0 N–H and O–H groups in total. The lowest BCUT2D eigenvalue weighted by atomic mass is 9.90. The van der Waals surface area contributed by atoms with Crippen molar-refractivity contribution in [3.05, 3.63) is 48.0 Å². The van der Waals surface area contributed by atoms with Gasteiger partial charge >= 0.3 is 0 Å². The zero-order chi connectivity index (χ0) is 16.8. The number of rotatable bonds is 6. The number of nitrogens with zero attached hydrogens (tertiary/aromatic N) is 4. The van der Waals surface area contributed by atoms with Gasteiger partial charge in [0, 0.05) is 19.5 Å². The molecule has 0 spiro atoms. The van der Waals surface area contributed by atoms with Gasteiger partial charge in [-0.15, -0.1) is 0 Å². The molecule has 2 aromatic rings. The average Bonchev–Trinajstić information content (AvgIpc) is 3.13. The third-order valence-corrected chi connectivity index (χ3v) is 4.98. The van der Waals surface area contributed by atoms with Crippen LogP contribution in [0.15, 0.2) is 36.9 Å². The maximum Gasteiger partial charge on any atom is 0.224 e. The molecular weight excluding hydrogens is 300 g/mol. The van der Waals surface area contributed by atoms with E-state index in [0.29, 0.717) is 18.9 Å². The molecular formula is C19H26N4O. The Balaban J connectivity index is 1.47. The lowest BCUT2D eigenvalue weighted by molar-refractivity contribution is -0.133. The van der Waals surface area contributed by atoms with Crippen LogP contribution in [0, 0.1) is 12.8 Å². The van der Waals surface area contributed by atoms with E-state index in [1.165, 1.54) is 23.9 Å². The number of carbonyl (C=O) groups is 1. The summed E-state index contributed by atoms with van der Waals surface area (Å²) in [5.74, 6) is 0.861. The first-order chi connectivity index (χ1) is 11.7. The molecule has 3 rings (SSSR count). The van der Waals surface area contributed by atoms with Crippen molar-refractivity contribution in [2.75, 3.05) is 13.1 Å². The number of amides is 1. The van der Waals surface area contributed by atoms with E-state index in [1.54, 1.807) is 11.0 Å². The summed E-state index contributed by atoms with van der Waals surface area (Å²) in [6.07, 6.45) is 8.30. The van der Waals surface area contributed by atoms with Crippen molar-refractivity contribution >= 4 is 5.91 Å². The molecule has 0 bridgehead atoms. The monoisotopic (exact) mass is 326 g/mol. The Morgan fingerprint density at radius 2 is 2.21 bits per heavy atom. The number of piperidine rings is 1. The Morgan fingerprint density at radius 3 is 3.00 bits per heavy atom. The highest BCUT2D eigenvalue weighted by molar-refractivity contribution is 5.76. The van der Waals surface area contributed by atoms with Gasteiger partial charge in [-0.25, -0.2) is 4.98 Å². The molecule has 5 heteroatoms. The van der Waals surface area contributed by atoms with Crippen LogP contribution in [0.5, 0.6) is 0 Å². The lowest BCUT2D eigenvalue weighted by Crippen LogP contribution is -2.40. The summed E-state index contributed by atoms with van der Waals surface area (Å²) in [4.78, 5) is 18.4. The maximum absolute atomic E-state index is 12.4. The van der Waals surface area contributed by atoms with Crippen molar-refractivity contribution in [3.8, 4) is 0 Å². The first kappa shape index (κ1) is 16.7. The standard InChI is InChI=1S/C19H26N4O/c1-16-5-2-3-7-18(16)9-8-17-6-4-11-22(13-17)19(24)10-12-23-15-20-14-21-23/h2-3,5,7,14-15,17H,4,6,8-13H2,1H3/t17-/m0/s1. The summed E-state index contributed by atoms with van der Waals surface area (Å²) in [6.45, 7) is 4.60. The molecule has 1 amide bonds. The predicted octanol–water partition coefficient (Wildman–Crippen LogP) is 2.85. The molecule has 1 aromatic heterocycles. The fourth-order valence-electron chi connectivity index (χ4n) is 3.49. The van der Waals surface area contributed by atoms with E-state index >= 15 is 0 Å². The number of hydrogen-bond donors (Lipinski definition) is 0. The molecule has 1 saturated heterocycles. The summed E-state index contributed by atoms with van der Waals surface area (Å²) in [7, 11) is 0. The third-order valence-electron chi connectivity index (χ3n) is 4.98. The zero-order valence-corrected chi connectivity index (χ0v) is 14.4. The van der Waals surface area contributed by atoms with Crippen molar-refractivity contribution in [3.63, 3.8) is 0 Å². The molecule has 1 aromatic carbocycles. The average molecular weight is 326 g/mol. The smallest absolute Gasteiger partial charge is 0.224 e. The maximum atomic E-state index is 12.4. The van der Waals surface area contributed by atoms with Gasteiger partial charge in [0.15, 0.2) is 0 Å². The van der Waals surface area contributed by atoms with E-state index in [-0.39, 0.29) is 5.91 Å². The van der Waals surface area contributed by atoms with Gasteiger partial charge in [0.1, 0.15) is 12.7 Å². The molecule has 0 saturated carbocycles. The van der Waals surface area contributed by atoms with E-state index in [1.807, 2.05) is 4.90 Å². The van der Waals surface area contributed by atoms with E-state index in [2.05, 4.69) is 41.3 Å². The minimum atomic E-state index is 0.242. The molecule has 1 aliphatic heterocycles. The second-order valence-corrected chi connectivity index (χ2v) is 6.72. The Hall–Kier alpha value is -2.17. The minimum Gasteiger partial charge on any atom is -0.342 e. The van der Waals surface area contributed by atoms with Crippen LogP contribution >= 0.6 is 0 Å². The highest BCUT2D eigenvalue weighted by Gasteiger charge is 2.23. The molecule has 1 atom stereocenters. The van der Waals surface area contributed by atoms with Crippen LogP contribution in [-0.2, 0) is 17.8 Å². The number of likely N-dealkylation sites (tertiary alicyclic amines) is 1. The van der Waals surface area contributed by atoms with Gasteiger partial charge in [-0.05, 0) is 49.7 Å². The van der Waals surface area contributed by atoms with Gasteiger partial charge in [-0.1, -0.05) is 24.3 Å². The van der Waals surface area contributed by atoms with Gasteiger partial charge in [0.05, 0.1) is 6.54 Å². The van der Waals surface area contributed by atoms with Crippen molar-refractivity contribution in [2.24, 2.45) is 5.92 Å². The van der Waals surface area contributed by atoms with Crippen LogP contribution in [0.2, 0.25) is 0 Å². The Labute approximate surface area is 143 Å². The van der Waals surface area contributed by atoms with E-state index < -0.39 is 0 Å². The molecule has 0 aliphatic carbocycles. The van der Waals surface area contributed by atoms with Crippen LogP contribution in [0.3, 0.4) is 0 Å². The topological polar surface area (TPSA) is 51.0 Å². The van der Waals surface area contributed by atoms with Gasteiger partial charge in [0.2, 0.25) is 5.91 Å². The normalized spacial score (nSPS) is 17.9. The molecule has 0 unspecified atom stereocenters. The molecule has 24 heavy (non-hydrogen) atoms. The zero-order valence-electron chi connectivity index (χ0n) is 14.4. The first-order valence-electron chi connectivity index (χ1n) is 8.87. The minimum absolute atomic E-state index is 0.242. The van der Waals surface area contributed by atoms with Crippen molar-refractivity contribution in [1.82, 2.24) is 19.7 Å². The third kappa shape index (κ3) is 4.43. The summed E-state index contributed by atoms with van der Waals surface area (Å²) in [5, 5.41) is 4.05. The van der Waals surface area contributed by atoms with Gasteiger partial charge in [-0.3, -0.25) is 9.48 Å². The Kier molecular flexibility index (Phi) is 5.62. The van der Waals surface area contributed by atoms with Crippen molar-refractivity contribution < 1.29 is 4.79 Å². The Bertz CT molecular complexity index is 653. The van der Waals surface area contributed by atoms with Crippen molar-refractivity contribution in [1.29, 1.82) is 0 Å². The highest BCUT2D eigenvalue weighted by Crippen LogP contribution is 2.23. The number of aryl methyl sites for hydroxylation is 3. The summed E-state index contributed by atoms with van der Waals surface area (Å²) >= 11 is 0. The lowest BCUT2D eigenvalue weighted by Gasteiger charge is -2.33. The molecule has 1 aliphatic rings. The second-order valence-electron chi connectivity index (χ2n) is 6.72. The quantitative estimate of drug-likeness (QED) is 0.820. The van der Waals surface area contributed by atoms with E-state index in [9.17, 15) is 4.79 Å². The predicted molar refractivity (Wildman–Crippen MR) is 93.4 cm³/mol. The molecule has 5 nitrogen and oxygen atoms in total. The first-order valence-corrected chi connectivity index (χ1v) is 8.87. The van der Waals surface area contributed by atoms with Crippen LogP contribution in [0.4, 0.5) is 0 Å². The summed E-state index contributed by atoms with van der Waals surface area (Å²) < 4.78 is 1.72. The second kappa shape index (κ2) is 8.08. The highest BCUT2D eigenvalue weighted by atomic mass is 16.2. The van der Waals surface area contributed by atoms with E-state index in [4.69, 9.17) is 0 Å². The van der Waals surface area contributed by atoms with Gasteiger partial charge in [-0.2, -0.15) is 5.10 Å². The Morgan fingerprint density at radius 1 is 1.33 bits per heavy atom. The van der Waals surface area contributed by atoms with Crippen molar-refractivity contribution in [2.45, 2.75) is 45.6 Å².